The Kier molecular flexibility index (Phi) is 19.2. The molecule has 5 nitrogen and oxygen atoms in total. The molecule has 0 bridgehead atoms. The predicted octanol–water partition coefficient (Wildman–Crippen LogP) is 23.4. The molecule has 0 aliphatic heterocycles. The molecule has 0 radical (unpaired) electrons. The minimum absolute atomic E-state index is 0.0296. The largest absolute Gasteiger partial charge is 0.464 e. The van der Waals surface area contributed by atoms with Crippen LogP contribution < -0.4 is 39.0 Å². The Labute approximate surface area is 674 Å². The third-order valence-electron chi connectivity index (χ3n) is 23.8. The van der Waals surface area contributed by atoms with Crippen LogP contribution >= 0.6 is 11.3 Å². The summed E-state index contributed by atoms with van der Waals surface area (Å²) in [5, 5.41) is 21.6. The third-order valence-corrected chi connectivity index (χ3v) is 32.9. The Balaban J connectivity index is 0.000000127. The first-order valence-electron chi connectivity index (χ1n) is 41.4. The number of aromatic nitrogens is 4. The molecule has 1 aliphatic carbocycles. The van der Waals surface area contributed by atoms with Gasteiger partial charge in [0.25, 0.3) is 0 Å². The van der Waals surface area contributed by atoms with Crippen LogP contribution in [0.1, 0.15) is 75.5 Å². The minimum atomic E-state index is -1.47. The molecule has 0 N–H and O–H groups in total. The lowest BCUT2D eigenvalue weighted by Crippen LogP contribution is -2.38. The molecule has 111 heavy (non-hydrogen) atoms. The molecule has 0 unspecified atom stereocenters. The molecule has 6 aromatic heterocycles. The summed E-state index contributed by atoms with van der Waals surface area (Å²) in [5.41, 5.74) is 25.2. The Morgan fingerprint density at radius 3 is 1.09 bits per heavy atom. The Morgan fingerprint density at radius 2 is 0.667 bits per heavy atom. The van der Waals surface area contributed by atoms with Crippen LogP contribution in [0.25, 0.3) is 131 Å². The highest BCUT2D eigenvalue weighted by atomic mass is 32.1. The van der Waals surface area contributed by atoms with E-state index < -0.39 is 32.3 Å². The quantitative estimate of drug-likeness (QED) is 0.110. The fraction of sp³-hybridized carbons (Fsp3) is 0.267. The zero-order valence-electron chi connectivity index (χ0n) is 74.6. The van der Waals surface area contributed by atoms with Gasteiger partial charge in [0.2, 0.25) is 22.8 Å². The molecule has 0 spiro atoms. The van der Waals surface area contributed by atoms with E-state index >= 15 is 0 Å². The summed E-state index contributed by atoms with van der Waals surface area (Å²) in [6.45, 7) is 50.0. The van der Waals surface area contributed by atoms with Crippen LogP contribution in [0.3, 0.4) is 0 Å². The van der Waals surface area contributed by atoms with Crippen LogP contribution in [0.4, 0.5) is 0 Å². The maximum atomic E-state index is 8.91. The van der Waals surface area contributed by atoms with Crippen molar-refractivity contribution in [2.24, 2.45) is 28.2 Å². The normalized spacial score (nSPS) is 13.4. The van der Waals surface area contributed by atoms with E-state index in [1.165, 1.54) is 136 Å². The van der Waals surface area contributed by atoms with Gasteiger partial charge in [-0.2, -0.15) is 18.3 Å². The Morgan fingerprint density at radius 1 is 0.315 bits per heavy atom. The molecule has 0 saturated carbocycles. The highest BCUT2D eigenvalue weighted by molar-refractivity contribution is 7.17. The zero-order valence-corrected chi connectivity index (χ0v) is 75.4. The monoisotopic (exact) mass is 1550 g/mol. The number of thiophene rings is 1. The van der Waals surface area contributed by atoms with Gasteiger partial charge in [-0.05, 0) is 188 Å². The first kappa shape index (κ1) is 73.0. The topological polar surface area (TPSA) is 28.7 Å². The van der Waals surface area contributed by atoms with Gasteiger partial charge in [-0.3, -0.25) is 0 Å². The van der Waals surface area contributed by atoms with Gasteiger partial charge >= 0.3 is 0 Å². The molecular formula is C101H114N4OSSi4+4. The molecule has 10 aromatic carbocycles. The van der Waals surface area contributed by atoms with Crippen molar-refractivity contribution >= 4 is 139 Å². The smallest absolute Gasteiger partial charge is 0.220 e. The molecule has 16 aromatic rings. The number of rotatable bonds is 8. The molecule has 0 saturated heterocycles. The second-order valence-electron chi connectivity index (χ2n) is 36.2. The Hall–Kier alpha value is -9.53. The van der Waals surface area contributed by atoms with Crippen molar-refractivity contribution in [2.75, 3.05) is 0 Å². The average molecular weight is 1550 g/mol. The lowest BCUT2D eigenvalue weighted by Gasteiger charge is -2.22. The summed E-state index contributed by atoms with van der Waals surface area (Å²) in [5.74, 6) is 0. The number of fused-ring (bicyclic) bond motifs is 10. The van der Waals surface area contributed by atoms with E-state index in [0.29, 0.717) is 24.2 Å². The molecule has 6 heterocycles. The molecule has 0 atom stereocenters. The lowest BCUT2D eigenvalue weighted by atomic mass is 9.81. The number of aryl methyl sites for hydroxylation is 4. The number of furan rings is 1. The summed E-state index contributed by atoms with van der Waals surface area (Å²) in [6, 6.07) is 69.6. The van der Waals surface area contributed by atoms with E-state index in [9.17, 15) is 0 Å². The summed E-state index contributed by atoms with van der Waals surface area (Å²) < 4.78 is 50.9. The van der Waals surface area contributed by atoms with Crippen LogP contribution in [0.5, 0.6) is 0 Å². The molecule has 0 fully saturated rings. The fourth-order valence-electron chi connectivity index (χ4n) is 16.6. The van der Waals surface area contributed by atoms with Gasteiger partial charge in [0, 0.05) is 67.4 Å². The number of hydrogen-bond donors (Lipinski definition) is 0. The first-order chi connectivity index (χ1) is 54.0. The summed E-state index contributed by atoms with van der Waals surface area (Å²) >= 11 is 1.79. The molecule has 1 aliphatic rings. The number of nitrogens with zero attached hydrogens (tertiary/aromatic N) is 4. The van der Waals surface area contributed by atoms with Gasteiger partial charge in [0.05, 0.1) is 87.8 Å². The van der Waals surface area contributed by atoms with Crippen molar-refractivity contribution < 1.29 is 28.2 Å². The number of pyridine rings is 4. The average Bonchev–Trinajstić information content (AvgIpc) is 1.64. The molecule has 562 valence electrons. The third kappa shape index (κ3) is 14.8. The number of hydrogen-bond acceptors (Lipinski definition) is 2. The van der Waals surface area contributed by atoms with Gasteiger partial charge in [-0.15, -0.1) is 11.3 Å². The fourth-order valence-corrected chi connectivity index (χ4v) is 22.0. The van der Waals surface area contributed by atoms with E-state index in [4.69, 9.17) is 9.90 Å². The van der Waals surface area contributed by atoms with Gasteiger partial charge in [0.15, 0.2) is 22.8 Å². The van der Waals surface area contributed by atoms with Crippen molar-refractivity contribution in [1.29, 1.82) is 0 Å². The van der Waals surface area contributed by atoms with Crippen LogP contribution in [-0.4, -0.2) is 32.3 Å². The van der Waals surface area contributed by atoms with E-state index in [1.54, 1.807) is 17.6 Å². The van der Waals surface area contributed by atoms with Gasteiger partial charge in [-0.1, -0.05) is 222 Å². The highest BCUT2D eigenvalue weighted by Crippen LogP contribution is 2.51. The summed E-state index contributed by atoms with van der Waals surface area (Å²) in [6.07, 6.45) is 1.74. The van der Waals surface area contributed by atoms with Crippen LogP contribution in [-0.2, 0) is 33.6 Å². The highest BCUT2D eigenvalue weighted by Gasteiger charge is 2.37. The number of benzene rings is 10. The van der Waals surface area contributed by atoms with Crippen LogP contribution in [0.15, 0.2) is 222 Å². The lowest BCUT2D eigenvalue weighted by molar-refractivity contribution is -0.665. The van der Waals surface area contributed by atoms with E-state index in [-0.39, 0.29) is 5.41 Å². The van der Waals surface area contributed by atoms with E-state index in [1.807, 2.05) is 13.0 Å². The maximum Gasteiger partial charge on any atom is 0.220 e. The van der Waals surface area contributed by atoms with Crippen molar-refractivity contribution in [3.63, 3.8) is 0 Å². The Bertz CT molecular complexity index is 6510. The summed E-state index contributed by atoms with van der Waals surface area (Å²) in [7, 11) is 2.56. The predicted molar refractivity (Wildman–Crippen MR) is 492 cm³/mol. The first-order valence-corrected chi connectivity index (χ1v) is 54.3. The standard InChI is InChI=1S/C30H34NSi.C25H28NSi.C23H26NOSi.C23H26NSSi/c1-19-15-26-24-11-9-10-12-27(24)30(3,4)28(26)18-25(19)29-23-14-13-22(32(6,7)8)17-21(23)16-20(2)31(29)5;1-17-13-19-9-7-8-10-20(19)16-24(17)25-23-12-11-22(27(4,5)6)15-21(23)14-18(2)26(25)3;2*1-15-11-17-9-10-25-22(17)14-21(15)23-20-8-7-19(26(4,5)6)13-18(20)12-16(2)24(23)3/h9-18H,1-8H3;7-16H,1-6H3;2*7-14H,1-6H3/q4*+1/i16D;14D;2*12D. The van der Waals surface area contributed by atoms with Crippen molar-refractivity contribution in [3.8, 4) is 56.2 Å². The van der Waals surface area contributed by atoms with E-state index in [2.05, 4.69) is 369 Å². The second kappa shape index (κ2) is 29.2. The van der Waals surface area contributed by atoms with Crippen molar-refractivity contribution in [1.82, 2.24) is 0 Å². The molecule has 17 rings (SSSR count). The van der Waals surface area contributed by atoms with Crippen molar-refractivity contribution in [2.45, 2.75) is 153 Å². The van der Waals surface area contributed by atoms with Gasteiger partial charge in [0.1, 0.15) is 33.8 Å². The van der Waals surface area contributed by atoms with Crippen LogP contribution in [0, 0.1) is 55.4 Å². The SMILES string of the molecule is [2H]c1c(C)[n+](C)c(-c2cc3c(cc2C)-c2ccccc2C3(C)C)c2ccc([Si](C)(C)C)cc12.[2H]c1c(C)[n+](C)c(-c2cc3ccccc3cc2C)c2ccc([Si](C)(C)C)cc12.[2H]c1c(C)[n+](C)c(-c2cc3occc3cc2C)c2ccc([Si](C)(C)C)cc12.[2H]c1c(C)[n+](C)c(-c2cc3sccc3cc2C)c2ccc([Si](C)(C)C)cc12. The summed E-state index contributed by atoms with van der Waals surface area (Å²) in [4.78, 5) is 0. The molecular weight excluding hydrogens is 1430 g/mol. The molecule has 0 amide bonds. The minimum Gasteiger partial charge on any atom is -0.464 e. The second-order valence-corrected chi connectivity index (χ2v) is 57.4. The zero-order chi connectivity index (χ0) is 83.1. The van der Waals surface area contributed by atoms with Gasteiger partial charge < -0.3 is 4.42 Å². The van der Waals surface area contributed by atoms with E-state index in [0.717, 1.165) is 71.9 Å². The van der Waals surface area contributed by atoms with Crippen LogP contribution in [0.2, 0.25) is 78.6 Å². The van der Waals surface area contributed by atoms with Crippen molar-refractivity contribution in [3.05, 3.63) is 274 Å². The maximum absolute atomic E-state index is 8.91. The molecule has 10 heteroatoms. The van der Waals surface area contributed by atoms with Gasteiger partial charge in [-0.25, -0.2) is 0 Å².